The molecule has 2 heterocycles. The summed E-state index contributed by atoms with van der Waals surface area (Å²) >= 11 is 3.40. The molecule has 90 valence electrons. The van der Waals surface area contributed by atoms with Gasteiger partial charge >= 0.3 is 0 Å². The monoisotopic (exact) mass is 265 g/mol. The maximum absolute atomic E-state index is 11.9. The SMILES string of the molecule is Cc1cc(C(=O)NCCc2cccs2)c(C)s1. The molecule has 1 amide bonds. The summed E-state index contributed by atoms with van der Waals surface area (Å²) in [5.74, 6) is 0.0448. The molecule has 17 heavy (non-hydrogen) atoms. The average Bonchev–Trinajstić information content (AvgIpc) is 2.88. The molecule has 2 nitrogen and oxygen atoms in total. The Kier molecular flexibility index (Phi) is 3.97. The Morgan fingerprint density at radius 3 is 2.82 bits per heavy atom. The summed E-state index contributed by atoms with van der Waals surface area (Å²) < 4.78 is 0. The van der Waals surface area contributed by atoms with E-state index >= 15 is 0 Å². The number of hydrogen-bond donors (Lipinski definition) is 1. The first-order valence-electron chi connectivity index (χ1n) is 5.54. The lowest BCUT2D eigenvalue weighted by Crippen LogP contribution is -2.25. The van der Waals surface area contributed by atoms with Crippen LogP contribution in [0.2, 0.25) is 0 Å². The van der Waals surface area contributed by atoms with Gasteiger partial charge in [0.25, 0.3) is 5.91 Å². The lowest BCUT2D eigenvalue weighted by Gasteiger charge is -2.03. The van der Waals surface area contributed by atoms with Crippen LogP contribution in [0.15, 0.2) is 23.6 Å². The van der Waals surface area contributed by atoms with Crippen molar-refractivity contribution in [3.8, 4) is 0 Å². The van der Waals surface area contributed by atoms with E-state index in [-0.39, 0.29) is 5.91 Å². The van der Waals surface area contributed by atoms with Gasteiger partial charge in [-0.25, -0.2) is 0 Å². The zero-order chi connectivity index (χ0) is 12.3. The second-order valence-corrected chi connectivity index (χ2v) is 6.40. The van der Waals surface area contributed by atoms with Crippen LogP contribution in [-0.4, -0.2) is 12.5 Å². The number of rotatable bonds is 4. The van der Waals surface area contributed by atoms with Crippen LogP contribution < -0.4 is 5.32 Å². The van der Waals surface area contributed by atoms with E-state index in [2.05, 4.69) is 16.8 Å². The van der Waals surface area contributed by atoms with Crippen molar-refractivity contribution >= 4 is 28.6 Å². The van der Waals surface area contributed by atoms with Gasteiger partial charge in [-0.05, 0) is 37.8 Å². The minimum absolute atomic E-state index is 0.0448. The summed E-state index contributed by atoms with van der Waals surface area (Å²) in [6.45, 7) is 4.72. The molecule has 4 heteroatoms. The van der Waals surface area contributed by atoms with Crippen LogP contribution in [-0.2, 0) is 6.42 Å². The normalized spacial score (nSPS) is 10.5. The van der Waals surface area contributed by atoms with Gasteiger partial charge in [-0.3, -0.25) is 4.79 Å². The number of amides is 1. The van der Waals surface area contributed by atoms with Crippen molar-refractivity contribution in [2.75, 3.05) is 6.54 Å². The van der Waals surface area contributed by atoms with Gasteiger partial charge in [0.2, 0.25) is 0 Å². The minimum Gasteiger partial charge on any atom is -0.352 e. The molecule has 0 radical (unpaired) electrons. The molecule has 0 fully saturated rings. The first-order valence-corrected chi connectivity index (χ1v) is 7.24. The van der Waals surface area contributed by atoms with Crippen molar-refractivity contribution in [2.45, 2.75) is 20.3 Å². The van der Waals surface area contributed by atoms with Crippen LogP contribution in [0.3, 0.4) is 0 Å². The first-order chi connectivity index (χ1) is 8.16. The molecule has 0 bridgehead atoms. The van der Waals surface area contributed by atoms with Crippen LogP contribution in [0.5, 0.6) is 0 Å². The molecule has 2 rings (SSSR count). The molecule has 0 aromatic carbocycles. The highest BCUT2D eigenvalue weighted by molar-refractivity contribution is 7.12. The van der Waals surface area contributed by atoms with Crippen molar-refractivity contribution in [3.63, 3.8) is 0 Å². The van der Waals surface area contributed by atoms with E-state index in [4.69, 9.17) is 0 Å². The molecule has 0 unspecified atom stereocenters. The molecule has 0 aliphatic heterocycles. The summed E-state index contributed by atoms with van der Waals surface area (Å²) in [5, 5.41) is 5.02. The Morgan fingerprint density at radius 2 is 2.24 bits per heavy atom. The van der Waals surface area contributed by atoms with Gasteiger partial charge in [0, 0.05) is 21.2 Å². The largest absolute Gasteiger partial charge is 0.352 e. The van der Waals surface area contributed by atoms with E-state index in [1.807, 2.05) is 26.0 Å². The Balaban J connectivity index is 1.87. The van der Waals surface area contributed by atoms with E-state index in [9.17, 15) is 4.79 Å². The van der Waals surface area contributed by atoms with Crippen molar-refractivity contribution in [2.24, 2.45) is 0 Å². The molecule has 0 spiro atoms. The molecule has 0 atom stereocenters. The second kappa shape index (κ2) is 5.47. The van der Waals surface area contributed by atoms with E-state index in [1.165, 1.54) is 9.75 Å². The molecule has 0 aliphatic carbocycles. The van der Waals surface area contributed by atoms with Gasteiger partial charge in [0.15, 0.2) is 0 Å². The standard InChI is InChI=1S/C13H15NOS2/c1-9-8-12(10(2)17-9)13(15)14-6-5-11-4-3-7-16-11/h3-4,7-8H,5-6H2,1-2H3,(H,14,15). The molecule has 2 aromatic rings. The van der Waals surface area contributed by atoms with Crippen molar-refractivity contribution < 1.29 is 4.79 Å². The van der Waals surface area contributed by atoms with E-state index in [0.29, 0.717) is 6.54 Å². The highest BCUT2D eigenvalue weighted by Crippen LogP contribution is 2.20. The van der Waals surface area contributed by atoms with Crippen molar-refractivity contribution in [1.82, 2.24) is 5.32 Å². The van der Waals surface area contributed by atoms with Crippen LogP contribution in [0.25, 0.3) is 0 Å². The fourth-order valence-electron chi connectivity index (χ4n) is 1.71. The summed E-state index contributed by atoms with van der Waals surface area (Å²) in [6, 6.07) is 6.09. The minimum atomic E-state index is 0.0448. The topological polar surface area (TPSA) is 29.1 Å². The van der Waals surface area contributed by atoms with Crippen LogP contribution in [0.1, 0.15) is 25.0 Å². The third-order valence-electron chi connectivity index (χ3n) is 2.52. The zero-order valence-corrected chi connectivity index (χ0v) is 11.6. The average molecular weight is 265 g/mol. The smallest absolute Gasteiger partial charge is 0.252 e. The van der Waals surface area contributed by atoms with Gasteiger partial charge in [-0.15, -0.1) is 22.7 Å². The molecule has 0 saturated heterocycles. The summed E-state index contributed by atoms with van der Waals surface area (Å²) in [4.78, 5) is 15.5. The van der Waals surface area contributed by atoms with Gasteiger partial charge < -0.3 is 5.32 Å². The Morgan fingerprint density at radius 1 is 1.41 bits per heavy atom. The predicted octanol–water partition coefficient (Wildman–Crippen LogP) is 3.40. The number of aryl methyl sites for hydroxylation is 2. The third-order valence-corrected chi connectivity index (χ3v) is 4.42. The van der Waals surface area contributed by atoms with E-state index in [0.717, 1.165) is 16.9 Å². The quantitative estimate of drug-likeness (QED) is 0.902. The maximum atomic E-state index is 11.9. The van der Waals surface area contributed by atoms with Gasteiger partial charge in [-0.2, -0.15) is 0 Å². The van der Waals surface area contributed by atoms with Crippen LogP contribution in [0, 0.1) is 13.8 Å². The van der Waals surface area contributed by atoms with Crippen molar-refractivity contribution in [3.05, 3.63) is 43.8 Å². The lowest BCUT2D eigenvalue weighted by atomic mass is 10.2. The van der Waals surface area contributed by atoms with Gasteiger partial charge in [-0.1, -0.05) is 6.07 Å². The molecular formula is C13H15NOS2. The summed E-state index contributed by atoms with van der Waals surface area (Å²) in [5.41, 5.74) is 0.818. The predicted molar refractivity (Wildman–Crippen MR) is 74.1 cm³/mol. The fourth-order valence-corrected chi connectivity index (χ4v) is 3.34. The molecular weight excluding hydrogens is 250 g/mol. The number of carbonyl (C=O) groups is 1. The van der Waals surface area contributed by atoms with E-state index in [1.54, 1.807) is 22.7 Å². The van der Waals surface area contributed by atoms with Crippen LogP contribution >= 0.6 is 22.7 Å². The second-order valence-electron chi connectivity index (χ2n) is 3.91. The molecule has 0 aliphatic rings. The zero-order valence-electron chi connectivity index (χ0n) is 9.95. The maximum Gasteiger partial charge on any atom is 0.252 e. The molecule has 0 saturated carbocycles. The summed E-state index contributed by atoms with van der Waals surface area (Å²) in [7, 11) is 0. The van der Waals surface area contributed by atoms with Crippen LogP contribution in [0.4, 0.5) is 0 Å². The number of hydrogen-bond acceptors (Lipinski definition) is 3. The van der Waals surface area contributed by atoms with Gasteiger partial charge in [0.1, 0.15) is 0 Å². The lowest BCUT2D eigenvalue weighted by molar-refractivity contribution is 0.0954. The highest BCUT2D eigenvalue weighted by atomic mass is 32.1. The number of thiophene rings is 2. The number of carbonyl (C=O) groups excluding carboxylic acids is 1. The Labute approximate surface area is 109 Å². The third kappa shape index (κ3) is 3.17. The Hall–Kier alpha value is -1.13. The van der Waals surface area contributed by atoms with E-state index < -0.39 is 0 Å². The number of nitrogens with one attached hydrogen (secondary N) is 1. The van der Waals surface area contributed by atoms with Crippen molar-refractivity contribution in [1.29, 1.82) is 0 Å². The molecule has 2 aromatic heterocycles. The van der Waals surface area contributed by atoms with Gasteiger partial charge in [0.05, 0.1) is 5.56 Å². The Bertz CT molecular complexity index is 499. The fraction of sp³-hybridized carbons (Fsp3) is 0.308. The first kappa shape index (κ1) is 12.3. The highest BCUT2D eigenvalue weighted by Gasteiger charge is 2.10. The molecule has 1 N–H and O–H groups in total. The summed E-state index contributed by atoms with van der Waals surface area (Å²) in [6.07, 6.45) is 0.908.